The molecule has 0 saturated carbocycles. The van der Waals surface area contributed by atoms with Gasteiger partial charge in [0.2, 0.25) is 0 Å². The summed E-state index contributed by atoms with van der Waals surface area (Å²) in [6.45, 7) is 8.55. The van der Waals surface area contributed by atoms with Crippen LogP contribution in [0.2, 0.25) is 0 Å². The number of pyridine rings is 1. The van der Waals surface area contributed by atoms with Gasteiger partial charge in [-0.25, -0.2) is 0 Å². The number of hydrogen-bond acceptors (Lipinski definition) is 2. The molecule has 1 aromatic heterocycles. The zero-order valence-electron chi connectivity index (χ0n) is 11.0. The van der Waals surface area contributed by atoms with Crippen LogP contribution in [-0.4, -0.2) is 4.98 Å². The highest BCUT2D eigenvalue weighted by Gasteiger charge is 2.12. The molecule has 0 fully saturated rings. The Balaban J connectivity index is 2.86. The molecule has 90 valence electrons. The van der Waals surface area contributed by atoms with Crippen LogP contribution >= 0.6 is 0 Å². The summed E-state index contributed by atoms with van der Waals surface area (Å²) in [4.78, 5) is 4.75. The van der Waals surface area contributed by atoms with Crippen LogP contribution in [0.4, 0.5) is 5.69 Å². The van der Waals surface area contributed by atoms with E-state index in [0.29, 0.717) is 5.92 Å². The lowest BCUT2D eigenvalue weighted by Crippen LogP contribution is -2.02. The van der Waals surface area contributed by atoms with Crippen LogP contribution < -0.4 is 5.73 Å². The third-order valence-electron chi connectivity index (χ3n) is 3.37. The van der Waals surface area contributed by atoms with Crippen LogP contribution in [-0.2, 0) is 6.42 Å². The summed E-state index contributed by atoms with van der Waals surface area (Å²) in [5, 5.41) is 1.10. The Morgan fingerprint density at radius 3 is 2.59 bits per heavy atom. The van der Waals surface area contributed by atoms with Gasteiger partial charge < -0.3 is 5.73 Å². The van der Waals surface area contributed by atoms with E-state index < -0.39 is 0 Å². The average molecular weight is 228 g/mol. The lowest BCUT2D eigenvalue weighted by molar-refractivity contribution is 0.871. The standard InChI is InChI=1S/C15H20N2/c1-5-11-10(4)17-15-12(9(2)3)7-6-8-13(15)14(11)16/h6-9H,5H2,1-4H3,(H2,16,17). The van der Waals surface area contributed by atoms with E-state index in [4.69, 9.17) is 10.7 Å². The first-order chi connectivity index (χ1) is 8.06. The van der Waals surface area contributed by atoms with Gasteiger partial charge in [-0.05, 0) is 30.4 Å². The molecular weight excluding hydrogens is 208 g/mol. The second kappa shape index (κ2) is 4.36. The molecule has 0 saturated heterocycles. The average Bonchev–Trinajstić information content (AvgIpc) is 2.28. The van der Waals surface area contributed by atoms with Crippen LogP contribution in [0.5, 0.6) is 0 Å². The molecule has 0 unspecified atom stereocenters. The van der Waals surface area contributed by atoms with Crippen molar-refractivity contribution in [2.45, 2.75) is 40.0 Å². The third kappa shape index (κ3) is 1.88. The number of rotatable bonds is 2. The number of para-hydroxylation sites is 1. The Morgan fingerprint density at radius 2 is 2.00 bits per heavy atom. The fourth-order valence-corrected chi connectivity index (χ4v) is 2.41. The Bertz CT molecular complexity index is 556. The molecule has 0 aliphatic carbocycles. The van der Waals surface area contributed by atoms with Gasteiger partial charge in [0.15, 0.2) is 0 Å². The van der Waals surface area contributed by atoms with Gasteiger partial charge in [0.1, 0.15) is 0 Å². The number of aromatic nitrogens is 1. The molecule has 2 aromatic rings. The number of anilines is 1. The van der Waals surface area contributed by atoms with E-state index in [0.717, 1.165) is 28.7 Å². The van der Waals surface area contributed by atoms with E-state index >= 15 is 0 Å². The molecule has 2 rings (SSSR count). The molecule has 0 spiro atoms. The molecule has 1 heterocycles. The van der Waals surface area contributed by atoms with Crippen LogP contribution in [0.1, 0.15) is 43.5 Å². The zero-order valence-corrected chi connectivity index (χ0v) is 11.0. The number of nitrogens with two attached hydrogens (primary N) is 1. The summed E-state index contributed by atoms with van der Waals surface area (Å²) in [5.41, 5.74) is 11.7. The maximum atomic E-state index is 6.26. The molecule has 0 atom stereocenters. The van der Waals surface area contributed by atoms with Gasteiger partial charge in [-0.2, -0.15) is 0 Å². The molecule has 0 aliphatic heterocycles. The summed E-state index contributed by atoms with van der Waals surface area (Å²) in [7, 11) is 0. The largest absolute Gasteiger partial charge is 0.398 e. The zero-order chi connectivity index (χ0) is 12.6. The molecular formula is C15H20N2. The predicted octanol–water partition coefficient (Wildman–Crippen LogP) is 3.81. The number of nitrogen functional groups attached to an aromatic ring is 1. The highest BCUT2D eigenvalue weighted by molar-refractivity contribution is 5.94. The lowest BCUT2D eigenvalue weighted by atomic mass is 9.96. The maximum Gasteiger partial charge on any atom is 0.0760 e. The number of nitrogens with zero attached hydrogens (tertiary/aromatic N) is 1. The molecule has 2 nitrogen and oxygen atoms in total. The first-order valence-electron chi connectivity index (χ1n) is 6.23. The Kier molecular flexibility index (Phi) is 3.05. The van der Waals surface area contributed by atoms with Crippen molar-refractivity contribution < 1.29 is 0 Å². The number of benzene rings is 1. The van der Waals surface area contributed by atoms with E-state index in [1.54, 1.807) is 0 Å². The lowest BCUT2D eigenvalue weighted by Gasteiger charge is -2.14. The minimum absolute atomic E-state index is 0.470. The third-order valence-corrected chi connectivity index (χ3v) is 3.37. The minimum Gasteiger partial charge on any atom is -0.398 e. The van der Waals surface area contributed by atoms with Crippen molar-refractivity contribution in [3.05, 3.63) is 35.0 Å². The molecule has 2 heteroatoms. The van der Waals surface area contributed by atoms with E-state index in [9.17, 15) is 0 Å². The van der Waals surface area contributed by atoms with Crippen molar-refractivity contribution in [3.8, 4) is 0 Å². The number of fused-ring (bicyclic) bond motifs is 1. The second-order valence-electron chi connectivity index (χ2n) is 4.84. The van der Waals surface area contributed by atoms with Crippen LogP contribution in [0.15, 0.2) is 18.2 Å². The van der Waals surface area contributed by atoms with E-state index in [-0.39, 0.29) is 0 Å². The molecule has 0 bridgehead atoms. The second-order valence-corrected chi connectivity index (χ2v) is 4.84. The van der Waals surface area contributed by atoms with Crippen molar-refractivity contribution in [2.24, 2.45) is 0 Å². The molecule has 0 amide bonds. The van der Waals surface area contributed by atoms with Gasteiger partial charge in [-0.3, -0.25) is 4.98 Å². The van der Waals surface area contributed by atoms with Crippen molar-refractivity contribution in [3.63, 3.8) is 0 Å². The SMILES string of the molecule is CCc1c(C)nc2c(C(C)C)cccc2c1N. The predicted molar refractivity (Wildman–Crippen MR) is 74.4 cm³/mol. The van der Waals surface area contributed by atoms with Gasteiger partial charge >= 0.3 is 0 Å². The maximum absolute atomic E-state index is 6.26. The molecule has 0 radical (unpaired) electrons. The highest BCUT2D eigenvalue weighted by atomic mass is 14.7. The summed E-state index contributed by atoms with van der Waals surface area (Å²) in [6.07, 6.45) is 0.937. The normalized spacial score (nSPS) is 11.4. The van der Waals surface area contributed by atoms with Gasteiger partial charge in [0.05, 0.1) is 5.52 Å². The molecule has 1 aromatic carbocycles. The fourth-order valence-electron chi connectivity index (χ4n) is 2.41. The highest BCUT2D eigenvalue weighted by Crippen LogP contribution is 2.30. The van der Waals surface area contributed by atoms with E-state index in [2.05, 4.69) is 39.0 Å². The number of aryl methyl sites for hydroxylation is 1. The van der Waals surface area contributed by atoms with Gasteiger partial charge in [0.25, 0.3) is 0 Å². The molecule has 0 aliphatic rings. The first-order valence-corrected chi connectivity index (χ1v) is 6.23. The van der Waals surface area contributed by atoms with Crippen molar-refractivity contribution in [1.29, 1.82) is 0 Å². The van der Waals surface area contributed by atoms with Gasteiger partial charge in [-0.1, -0.05) is 39.0 Å². The molecule has 2 N–H and O–H groups in total. The Hall–Kier alpha value is -1.57. The topological polar surface area (TPSA) is 38.9 Å². The van der Waals surface area contributed by atoms with Gasteiger partial charge in [-0.15, -0.1) is 0 Å². The first kappa shape index (κ1) is 11.9. The van der Waals surface area contributed by atoms with E-state index in [1.807, 2.05) is 6.92 Å². The summed E-state index contributed by atoms with van der Waals surface area (Å²) >= 11 is 0. The van der Waals surface area contributed by atoms with Crippen LogP contribution in [0, 0.1) is 6.92 Å². The fraction of sp³-hybridized carbons (Fsp3) is 0.400. The van der Waals surface area contributed by atoms with Crippen molar-refractivity contribution in [2.75, 3.05) is 5.73 Å². The molecule has 17 heavy (non-hydrogen) atoms. The Morgan fingerprint density at radius 1 is 1.29 bits per heavy atom. The smallest absolute Gasteiger partial charge is 0.0760 e. The summed E-state index contributed by atoms with van der Waals surface area (Å²) < 4.78 is 0. The summed E-state index contributed by atoms with van der Waals surface area (Å²) in [6, 6.07) is 6.29. The quantitative estimate of drug-likeness (QED) is 0.848. The van der Waals surface area contributed by atoms with Crippen molar-refractivity contribution in [1.82, 2.24) is 4.98 Å². The Labute approximate surface area is 103 Å². The summed E-state index contributed by atoms with van der Waals surface area (Å²) in [5.74, 6) is 0.470. The van der Waals surface area contributed by atoms with Crippen molar-refractivity contribution >= 4 is 16.6 Å². The monoisotopic (exact) mass is 228 g/mol. The van der Waals surface area contributed by atoms with Crippen LogP contribution in [0.3, 0.4) is 0 Å². The van der Waals surface area contributed by atoms with Gasteiger partial charge in [0, 0.05) is 16.8 Å². The van der Waals surface area contributed by atoms with Crippen LogP contribution in [0.25, 0.3) is 10.9 Å². The number of hydrogen-bond donors (Lipinski definition) is 1. The minimum atomic E-state index is 0.470. The van der Waals surface area contributed by atoms with E-state index in [1.165, 1.54) is 11.1 Å².